The van der Waals surface area contributed by atoms with Gasteiger partial charge in [0, 0.05) is 6.04 Å². The minimum Gasteiger partial charge on any atom is -0.376 e. The van der Waals surface area contributed by atoms with Gasteiger partial charge in [-0.2, -0.15) is 0 Å². The maximum atomic E-state index is 5.29. The van der Waals surface area contributed by atoms with Gasteiger partial charge in [0.25, 0.3) is 0 Å². The van der Waals surface area contributed by atoms with E-state index in [0.717, 1.165) is 13.2 Å². The third-order valence-electron chi connectivity index (χ3n) is 1.72. The Labute approximate surface area is 62.3 Å². The number of hydrogen-bond donors (Lipinski definition) is 1. The molecule has 1 saturated heterocycles. The van der Waals surface area contributed by atoms with Gasteiger partial charge >= 0.3 is 0 Å². The Kier molecular flexibility index (Phi) is 3.47. The SMILES string of the molecule is C=CCOCC1CCCN1. The first-order valence-corrected chi connectivity index (χ1v) is 3.85. The highest BCUT2D eigenvalue weighted by Crippen LogP contribution is 2.04. The molecule has 0 amide bonds. The maximum absolute atomic E-state index is 5.29. The number of ether oxygens (including phenoxy) is 1. The summed E-state index contributed by atoms with van der Waals surface area (Å²) in [5.74, 6) is 0. The summed E-state index contributed by atoms with van der Waals surface area (Å²) < 4.78 is 5.29. The van der Waals surface area contributed by atoms with Crippen LogP contribution in [0.2, 0.25) is 0 Å². The molecule has 1 aliphatic heterocycles. The lowest BCUT2D eigenvalue weighted by Crippen LogP contribution is -2.26. The van der Waals surface area contributed by atoms with Crippen LogP contribution in [0.4, 0.5) is 0 Å². The molecule has 58 valence electrons. The van der Waals surface area contributed by atoms with Crippen LogP contribution in [0.1, 0.15) is 12.8 Å². The van der Waals surface area contributed by atoms with E-state index in [4.69, 9.17) is 4.74 Å². The molecular formula is C8H15NO. The van der Waals surface area contributed by atoms with E-state index >= 15 is 0 Å². The largest absolute Gasteiger partial charge is 0.376 e. The Hall–Kier alpha value is -0.340. The zero-order valence-corrected chi connectivity index (χ0v) is 6.31. The number of hydrogen-bond acceptors (Lipinski definition) is 2. The smallest absolute Gasteiger partial charge is 0.0645 e. The normalized spacial score (nSPS) is 25.0. The molecule has 0 spiro atoms. The van der Waals surface area contributed by atoms with Crippen molar-refractivity contribution in [2.75, 3.05) is 19.8 Å². The highest BCUT2D eigenvalue weighted by atomic mass is 16.5. The fourth-order valence-electron chi connectivity index (χ4n) is 1.19. The molecule has 2 nitrogen and oxygen atoms in total. The van der Waals surface area contributed by atoms with Gasteiger partial charge in [-0.3, -0.25) is 0 Å². The van der Waals surface area contributed by atoms with E-state index in [9.17, 15) is 0 Å². The van der Waals surface area contributed by atoms with E-state index < -0.39 is 0 Å². The molecule has 0 saturated carbocycles. The summed E-state index contributed by atoms with van der Waals surface area (Å²) in [6.45, 7) is 6.25. The molecule has 0 aromatic rings. The van der Waals surface area contributed by atoms with Gasteiger partial charge < -0.3 is 10.1 Å². The summed E-state index contributed by atoms with van der Waals surface area (Å²) in [5.41, 5.74) is 0. The molecule has 1 fully saturated rings. The first-order valence-electron chi connectivity index (χ1n) is 3.85. The molecule has 1 aliphatic rings. The van der Waals surface area contributed by atoms with Crippen molar-refractivity contribution in [1.29, 1.82) is 0 Å². The molecule has 0 radical (unpaired) electrons. The van der Waals surface area contributed by atoms with E-state index in [2.05, 4.69) is 11.9 Å². The maximum Gasteiger partial charge on any atom is 0.0645 e. The average molecular weight is 141 g/mol. The molecular weight excluding hydrogens is 126 g/mol. The van der Waals surface area contributed by atoms with E-state index in [0.29, 0.717) is 12.6 Å². The molecule has 1 heterocycles. The van der Waals surface area contributed by atoms with Crippen molar-refractivity contribution >= 4 is 0 Å². The van der Waals surface area contributed by atoms with Crippen molar-refractivity contribution in [3.8, 4) is 0 Å². The predicted molar refractivity (Wildman–Crippen MR) is 42.0 cm³/mol. The van der Waals surface area contributed by atoms with E-state index in [1.54, 1.807) is 6.08 Å². The molecule has 2 heteroatoms. The van der Waals surface area contributed by atoms with Crippen LogP contribution in [0.25, 0.3) is 0 Å². The van der Waals surface area contributed by atoms with Crippen molar-refractivity contribution in [1.82, 2.24) is 5.32 Å². The second-order valence-corrected chi connectivity index (χ2v) is 2.62. The lowest BCUT2D eigenvalue weighted by molar-refractivity contribution is 0.141. The zero-order chi connectivity index (χ0) is 7.23. The molecule has 0 aliphatic carbocycles. The topological polar surface area (TPSA) is 21.3 Å². The summed E-state index contributed by atoms with van der Waals surface area (Å²) in [5, 5.41) is 3.36. The van der Waals surface area contributed by atoms with Crippen LogP contribution >= 0.6 is 0 Å². The van der Waals surface area contributed by atoms with Crippen LogP contribution in [0.3, 0.4) is 0 Å². The highest BCUT2D eigenvalue weighted by molar-refractivity contribution is 4.74. The van der Waals surface area contributed by atoms with Crippen LogP contribution in [0, 0.1) is 0 Å². The van der Waals surface area contributed by atoms with Gasteiger partial charge in [0.1, 0.15) is 0 Å². The standard InChI is InChI=1S/C8H15NO/c1-2-6-10-7-8-4-3-5-9-8/h2,8-9H,1,3-7H2. The van der Waals surface area contributed by atoms with Gasteiger partial charge in [0.05, 0.1) is 13.2 Å². The van der Waals surface area contributed by atoms with Crippen molar-refractivity contribution in [3.05, 3.63) is 12.7 Å². The van der Waals surface area contributed by atoms with Gasteiger partial charge in [-0.25, -0.2) is 0 Å². The fourth-order valence-corrected chi connectivity index (χ4v) is 1.19. The van der Waals surface area contributed by atoms with Crippen LogP contribution in [0.15, 0.2) is 12.7 Å². The Morgan fingerprint density at radius 1 is 1.70 bits per heavy atom. The Morgan fingerprint density at radius 2 is 2.60 bits per heavy atom. The van der Waals surface area contributed by atoms with E-state index in [1.807, 2.05) is 0 Å². The summed E-state index contributed by atoms with van der Waals surface area (Å²) >= 11 is 0. The summed E-state index contributed by atoms with van der Waals surface area (Å²) in [6, 6.07) is 0.597. The number of nitrogens with one attached hydrogen (secondary N) is 1. The molecule has 0 aromatic carbocycles. The minimum atomic E-state index is 0.597. The van der Waals surface area contributed by atoms with E-state index in [-0.39, 0.29) is 0 Å². The van der Waals surface area contributed by atoms with Crippen molar-refractivity contribution < 1.29 is 4.74 Å². The van der Waals surface area contributed by atoms with E-state index in [1.165, 1.54) is 12.8 Å². The second kappa shape index (κ2) is 4.47. The Morgan fingerprint density at radius 3 is 3.20 bits per heavy atom. The highest BCUT2D eigenvalue weighted by Gasteiger charge is 2.12. The first-order chi connectivity index (χ1) is 4.93. The third kappa shape index (κ3) is 2.50. The van der Waals surface area contributed by atoms with Gasteiger partial charge in [-0.15, -0.1) is 6.58 Å². The van der Waals surface area contributed by atoms with Gasteiger partial charge in [0.15, 0.2) is 0 Å². The second-order valence-electron chi connectivity index (χ2n) is 2.62. The zero-order valence-electron chi connectivity index (χ0n) is 6.31. The Bertz CT molecular complexity index is 97.4. The molecule has 1 atom stereocenters. The van der Waals surface area contributed by atoms with Gasteiger partial charge in [-0.1, -0.05) is 6.08 Å². The monoisotopic (exact) mass is 141 g/mol. The molecule has 0 bridgehead atoms. The van der Waals surface area contributed by atoms with Crippen molar-refractivity contribution in [3.63, 3.8) is 0 Å². The fraction of sp³-hybridized carbons (Fsp3) is 0.750. The number of rotatable bonds is 4. The molecule has 1 unspecified atom stereocenters. The summed E-state index contributed by atoms with van der Waals surface area (Å²) in [4.78, 5) is 0. The van der Waals surface area contributed by atoms with Crippen LogP contribution in [0.5, 0.6) is 0 Å². The molecule has 1 rings (SSSR count). The van der Waals surface area contributed by atoms with Crippen LogP contribution in [-0.2, 0) is 4.74 Å². The lowest BCUT2D eigenvalue weighted by Gasteiger charge is -2.08. The first kappa shape index (κ1) is 7.76. The molecule has 1 N–H and O–H groups in total. The Balaban J connectivity index is 1.96. The lowest BCUT2D eigenvalue weighted by atomic mass is 10.2. The van der Waals surface area contributed by atoms with Crippen LogP contribution in [-0.4, -0.2) is 25.8 Å². The van der Waals surface area contributed by atoms with Gasteiger partial charge in [0.2, 0.25) is 0 Å². The van der Waals surface area contributed by atoms with Gasteiger partial charge in [-0.05, 0) is 19.4 Å². The summed E-state index contributed by atoms with van der Waals surface area (Å²) in [7, 11) is 0. The minimum absolute atomic E-state index is 0.597. The van der Waals surface area contributed by atoms with Crippen molar-refractivity contribution in [2.45, 2.75) is 18.9 Å². The third-order valence-corrected chi connectivity index (χ3v) is 1.72. The predicted octanol–water partition coefficient (Wildman–Crippen LogP) is 0.941. The molecule has 0 aromatic heterocycles. The summed E-state index contributed by atoms with van der Waals surface area (Å²) in [6.07, 6.45) is 4.34. The quantitative estimate of drug-likeness (QED) is 0.464. The average Bonchev–Trinajstić information content (AvgIpc) is 2.41. The van der Waals surface area contributed by atoms with Crippen LogP contribution < -0.4 is 5.32 Å². The van der Waals surface area contributed by atoms with Crippen molar-refractivity contribution in [2.24, 2.45) is 0 Å². The molecule has 10 heavy (non-hydrogen) atoms.